The molecule has 0 atom stereocenters. The lowest BCUT2D eigenvalue weighted by Gasteiger charge is -2.14. The Morgan fingerprint density at radius 3 is 2.49 bits per heavy atom. The van der Waals surface area contributed by atoms with Crippen LogP contribution in [0.2, 0.25) is 0 Å². The highest BCUT2D eigenvalue weighted by atomic mass is 32.2. The molecular formula is C30H38N4O2S. The van der Waals surface area contributed by atoms with E-state index in [9.17, 15) is 8.42 Å². The standard InChI is InChI=1S/C30H38N4O2S/c1-8-23(21-34(5)6)24-12-11-13-25(19-24)29-16-15-27(26(20-32-4)18-22(2)3)30(33-29)28(31)14-9-10-17-37(7,35)36/h8,11-13,15-16,18-21,31H,1-2,9-10,14,17H2,3-7H3/b23-21+,26-18+,31-28?,32-20?. The molecule has 0 aliphatic rings. The molecule has 0 aliphatic carbocycles. The van der Waals surface area contributed by atoms with Crippen molar-refractivity contribution in [2.75, 3.05) is 33.2 Å². The first-order valence-electron chi connectivity index (χ1n) is 12.1. The minimum absolute atomic E-state index is 0.114. The molecule has 0 saturated heterocycles. The van der Waals surface area contributed by atoms with Crippen molar-refractivity contribution in [1.82, 2.24) is 9.88 Å². The first-order valence-corrected chi connectivity index (χ1v) is 14.2. The van der Waals surface area contributed by atoms with E-state index in [-0.39, 0.29) is 5.75 Å². The van der Waals surface area contributed by atoms with Crippen LogP contribution in [-0.2, 0) is 9.84 Å². The first-order chi connectivity index (χ1) is 17.4. The molecule has 1 aromatic heterocycles. The van der Waals surface area contributed by atoms with Gasteiger partial charge in [0.1, 0.15) is 9.84 Å². The van der Waals surface area contributed by atoms with Crippen LogP contribution in [0, 0.1) is 5.41 Å². The van der Waals surface area contributed by atoms with Crippen molar-refractivity contribution >= 4 is 32.9 Å². The second kappa shape index (κ2) is 13.7. The van der Waals surface area contributed by atoms with Crippen molar-refractivity contribution in [1.29, 1.82) is 5.41 Å². The van der Waals surface area contributed by atoms with Crippen molar-refractivity contribution < 1.29 is 8.42 Å². The number of unbranched alkanes of at least 4 members (excludes halogenated alkanes) is 1. The number of pyridine rings is 1. The zero-order valence-electron chi connectivity index (χ0n) is 22.6. The first kappa shape index (κ1) is 29.6. The van der Waals surface area contributed by atoms with Gasteiger partial charge in [-0.1, -0.05) is 49.1 Å². The molecule has 0 amide bonds. The lowest BCUT2D eigenvalue weighted by molar-refractivity contribution is 0.566. The number of aromatic nitrogens is 1. The van der Waals surface area contributed by atoms with E-state index in [1.54, 1.807) is 13.3 Å². The van der Waals surface area contributed by atoms with Gasteiger partial charge < -0.3 is 10.3 Å². The third-order valence-corrected chi connectivity index (χ3v) is 6.49. The summed E-state index contributed by atoms with van der Waals surface area (Å²) in [5.41, 5.74) is 7.08. The third-order valence-electron chi connectivity index (χ3n) is 5.46. The molecule has 0 radical (unpaired) electrons. The number of benzene rings is 1. The summed E-state index contributed by atoms with van der Waals surface area (Å²) in [4.78, 5) is 11.1. The van der Waals surface area contributed by atoms with Gasteiger partial charge in [-0.25, -0.2) is 13.4 Å². The topological polar surface area (TPSA) is 86.5 Å². The number of nitrogens with one attached hydrogen (secondary N) is 1. The average molecular weight is 519 g/mol. The van der Waals surface area contributed by atoms with Crippen LogP contribution in [0.3, 0.4) is 0 Å². The summed E-state index contributed by atoms with van der Waals surface area (Å²) < 4.78 is 23.0. The lowest BCUT2D eigenvalue weighted by atomic mass is 9.96. The molecule has 0 unspecified atom stereocenters. The molecule has 37 heavy (non-hydrogen) atoms. The van der Waals surface area contributed by atoms with E-state index in [2.05, 4.69) is 24.2 Å². The molecule has 1 heterocycles. The van der Waals surface area contributed by atoms with E-state index in [0.717, 1.165) is 39.1 Å². The van der Waals surface area contributed by atoms with Gasteiger partial charge in [-0.05, 0) is 55.5 Å². The maximum Gasteiger partial charge on any atom is 0.147 e. The highest BCUT2D eigenvalue weighted by Crippen LogP contribution is 2.27. The molecular weight excluding hydrogens is 480 g/mol. The van der Waals surface area contributed by atoms with Crippen LogP contribution in [0.1, 0.15) is 43.0 Å². The summed E-state index contributed by atoms with van der Waals surface area (Å²) in [5.74, 6) is 0.114. The highest BCUT2D eigenvalue weighted by Gasteiger charge is 2.16. The van der Waals surface area contributed by atoms with E-state index >= 15 is 0 Å². The largest absolute Gasteiger partial charge is 0.383 e. The maximum atomic E-state index is 11.5. The zero-order chi connectivity index (χ0) is 27.6. The van der Waals surface area contributed by atoms with Gasteiger partial charge in [0.15, 0.2) is 0 Å². The highest BCUT2D eigenvalue weighted by molar-refractivity contribution is 7.90. The Hall–Kier alpha value is -3.58. The Balaban J connectivity index is 2.57. The SMILES string of the molecule is C=C/C(=C\N(C)C)c1cccc(-c2ccc(/C(C=NC)=C/C(=C)C)c(C(=N)CCCCS(C)(=O)=O)n2)c1. The van der Waals surface area contributed by atoms with Crippen molar-refractivity contribution in [3.8, 4) is 11.3 Å². The van der Waals surface area contributed by atoms with E-state index in [4.69, 9.17) is 10.4 Å². The smallest absolute Gasteiger partial charge is 0.147 e. The van der Waals surface area contributed by atoms with Crippen LogP contribution in [0.15, 0.2) is 78.5 Å². The predicted octanol–water partition coefficient (Wildman–Crippen LogP) is 6.08. The second-order valence-electron chi connectivity index (χ2n) is 9.32. The Morgan fingerprint density at radius 1 is 1.16 bits per heavy atom. The van der Waals surface area contributed by atoms with E-state index in [1.807, 2.05) is 74.6 Å². The van der Waals surface area contributed by atoms with E-state index in [1.165, 1.54) is 6.26 Å². The van der Waals surface area contributed by atoms with Crippen LogP contribution in [0.5, 0.6) is 0 Å². The minimum Gasteiger partial charge on any atom is -0.383 e. The Kier molecular flexibility index (Phi) is 10.9. The van der Waals surface area contributed by atoms with Gasteiger partial charge in [0, 0.05) is 62.3 Å². The molecule has 196 valence electrons. The molecule has 0 bridgehead atoms. The van der Waals surface area contributed by atoms with Gasteiger partial charge in [-0.3, -0.25) is 4.99 Å². The van der Waals surface area contributed by atoms with Gasteiger partial charge in [0.05, 0.1) is 17.1 Å². The summed E-state index contributed by atoms with van der Waals surface area (Å²) in [5, 5.41) is 8.86. The van der Waals surface area contributed by atoms with Crippen molar-refractivity contribution in [2.24, 2.45) is 4.99 Å². The molecule has 0 spiro atoms. The van der Waals surface area contributed by atoms with Gasteiger partial charge in [0.2, 0.25) is 0 Å². The van der Waals surface area contributed by atoms with Crippen molar-refractivity contribution in [3.05, 3.63) is 90.3 Å². The summed E-state index contributed by atoms with van der Waals surface area (Å²) in [7, 11) is 2.61. The summed E-state index contributed by atoms with van der Waals surface area (Å²) in [6.45, 7) is 9.85. The molecule has 6 nitrogen and oxygen atoms in total. The summed E-state index contributed by atoms with van der Waals surface area (Å²) in [6.07, 6.45) is 10.3. The number of hydrogen-bond donors (Lipinski definition) is 1. The van der Waals surface area contributed by atoms with Crippen LogP contribution in [-0.4, -0.2) is 63.4 Å². The fraction of sp³-hybridized carbons (Fsp3) is 0.300. The fourth-order valence-corrected chi connectivity index (χ4v) is 4.57. The van der Waals surface area contributed by atoms with E-state index in [0.29, 0.717) is 30.7 Å². The number of hydrogen-bond acceptors (Lipinski definition) is 6. The number of nitrogens with zero attached hydrogens (tertiary/aromatic N) is 3. The zero-order valence-corrected chi connectivity index (χ0v) is 23.4. The van der Waals surface area contributed by atoms with Gasteiger partial charge in [-0.15, -0.1) is 0 Å². The van der Waals surface area contributed by atoms with Crippen LogP contribution in [0.25, 0.3) is 22.4 Å². The molecule has 0 saturated carbocycles. The molecule has 1 N–H and O–H groups in total. The molecule has 2 aromatic rings. The van der Waals surface area contributed by atoms with E-state index < -0.39 is 9.84 Å². The quantitative estimate of drug-likeness (QED) is 0.198. The lowest BCUT2D eigenvalue weighted by Crippen LogP contribution is -2.10. The second-order valence-corrected chi connectivity index (χ2v) is 11.6. The predicted molar refractivity (Wildman–Crippen MR) is 159 cm³/mol. The fourth-order valence-electron chi connectivity index (χ4n) is 3.84. The summed E-state index contributed by atoms with van der Waals surface area (Å²) >= 11 is 0. The molecule has 0 fully saturated rings. The third kappa shape index (κ3) is 9.42. The van der Waals surface area contributed by atoms with Crippen LogP contribution in [0.4, 0.5) is 0 Å². The molecule has 7 heteroatoms. The van der Waals surface area contributed by atoms with Crippen LogP contribution < -0.4 is 0 Å². The summed E-state index contributed by atoms with van der Waals surface area (Å²) in [6, 6.07) is 12.0. The minimum atomic E-state index is -3.03. The van der Waals surface area contributed by atoms with Gasteiger partial charge in [0.25, 0.3) is 0 Å². The van der Waals surface area contributed by atoms with Crippen molar-refractivity contribution in [3.63, 3.8) is 0 Å². The Morgan fingerprint density at radius 2 is 1.89 bits per heavy atom. The number of allylic oxidation sites excluding steroid dienone is 5. The number of rotatable bonds is 13. The Labute approximate surface area is 222 Å². The van der Waals surface area contributed by atoms with Gasteiger partial charge >= 0.3 is 0 Å². The molecule has 2 rings (SSSR count). The van der Waals surface area contributed by atoms with Gasteiger partial charge in [-0.2, -0.15) is 0 Å². The van der Waals surface area contributed by atoms with Crippen molar-refractivity contribution in [2.45, 2.75) is 26.2 Å². The monoisotopic (exact) mass is 518 g/mol. The van der Waals surface area contributed by atoms with Crippen LogP contribution >= 0.6 is 0 Å². The Bertz CT molecular complexity index is 1350. The molecule has 0 aliphatic heterocycles. The average Bonchev–Trinajstić information content (AvgIpc) is 2.83. The maximum absolute atomic E-state index is 11.5. The number of sulfone groups is 1. The normalized spacial score (nSPS) is 12.6. The molecule has 1 aromatic carbocycles. The number of aliphatic imine (C=N–C) groups is 1.